The molecule has 1 N–H and O–H groups in total. The van der Waals surface area contributed by atoms with E-state index in [9.17, 15) is 26.4 Å². The number of amides is 1. The first-order chi connectivity index (χ1) is 17.9. The summed E-state index contributed by atoms with van der Waals surface area (Å²) >= 11 is 5.71. The van der Waals surface area contributed by atoms with Crippen LogP contribution in [0.5, 0.6) is 11.5 Å². The fourth-order valence-electron chi connectivity index (χ4n) is 3.32. The van der Waals surface area contributed by atoms with Crippen molar-refractivity contribution in [2.75, 3.05) is 25.1 Å². The minimum atomic E-state index is -4.85. The number of aryl methyl sites for hydroxylation is 1. The third kappa shape index (κ3) is 6.75. The van der Waals surface area contributed by atoms with Crippen molar-refractivity contribution in [2.45, 2.75) is 18.0 Å². The third-order valence-corrected chi connectivity index (χ3v) is 7.39. The molecule has 0 aliphatic carbocycles. The third-order valence-electron chi connectivity index (χ3n) is 5.27. The molecule has 0 aliphatic heterocycles. The Morgan fingerprint density at radius 2 is 1.74 bits per heavy atom. The molecule has 38 heavy (non-hydrogen) atoms. The fraction of sp³-hybridized carbons (Fsp3) is 0.200. The summed E-state index contributed by atoms with van der Waals surface area (Å²) in [6.07, 6.45) is -3.60. The number of carbonyl (C=O) groups excluding carboxylic acids is 1. The molecule has 0 heterocycles. The second-order valence-corrected chi connectivity index (χ2v) is 10.2. The van der Waals surface area contributed by atoms with Gasteiger partial charge in [0.2, 0.25) is 0 Å². The van der Waals surface area contributed by atoms with E-state index in [1.165, 1.54) is 44.7 Å². The van der Waals surface area contributed by atoms with E-state index in [1.807, 2.05) is 0 Å². The summed E-state index contributed by atoms with van der Waals surface area (Å²) in [5, 5.41) is 3.21. The molecule has 1 amide bonds. The van der Waals surface area contributed by atoms with Gasteiger partial charge in [0.25, 0.3) is 15.9 Å². The first kappa shape index (κ1) is 28.8. The quantitative estimate of drug-likeness (QED) is 0.288. The van der Waals surface area contributed by atoms with Gasteiger partial charge < -0.3 is 9.47 Å². The van der Waals surface area contributed by atoms with Crippen molar-refractivity contribution in [3.63, 3.8) is 0 Å². The number of carbonyl (C=O) groups is 1. The van der Waals surface area contributed by atoms with E-state index in [0.717, 1.165) is 17.7 Å². The van der Waals surface area contributed by atoms with Gasteiger partial charge in [-0.25, -0.2) is 13.8 Å². The van der Waals surface area contributed by atoms with Crippen molar-refractivity contribution in [3.8, 4) is 11.5 Å². The van der Waals surface area contributed by atoms with E-state index in [4.69, 9.17) is 21.1 Å². The lowest BCUT2D eigenvalue weighted by molar-refractivity contribution is -0.137. The number of ether oxygens (including phenoxy) is 2. The van der Waals surface area contributed by atoms with Crippen molar-refractivity contribution in [1.29, 1.82) is 0 Å². The van der Waals surface area contributed by atoms with E-state index in [0.29, 0.717) is 27.4 Å². The lowest BCUT2D eigenvalue weighted by Crippen LogP contribution is -2.39. The largest absolute Gasteiger partial charge is 0.497 e. The van der Waals surface area contributed by atoms with Crippen LogP contribution in [0, 0.1) is 6.92 Å². The Labute approximate surface area is 222 Å². The molecule has 0 aromatic heterocycles. The maximum Gasteiger partial charge on any atom is 0.417 e. The van der Waals surface area contributed by atoms with E-state index in [-0.39, 0.29) is 4.90 Å². The van der Waals surface area contributed by atoms with Crippen molar-refractivity contribution >= 4 is 39.4 Å². The molecule has 3 rings (SSSR count). The zero-order valence-electron chi connectivity index (χ0n) is 20.4. The SMILES string of the molecule is COc1ccc(OC)c(/C=N\NC(=O)CN(c2ccc(Cl)c(C(F)(F)F)c2)S(=O)(=O)c2ccc(C)cc2)c1. The van der Waals surface area contributed by atoms with Gasteiger partial charge in [0.15, 0.2) is 0 Å². The fourth-order valence-corrected chi connectivity index (χ4v) is 4.96. The molecule has 0 aliphatic rings. The smallest absolute Gasteiger partial charge is 0.417 e. The Balaban J connectivity index is 1.95. The number of rotatable bonds is 9. The molecule has 0 saturated heterocycles. The van der Waals surface area contributed by atoms with Crippen molar-refractivity contribution in [2.24, 2.45) is 5.10 Å². The molecule has 0 saturated carbocycles. The Bertz CT molecular complexity index is 1450. The van der Waals surface area contributed by atoms with Gasteiger partial charge in [-0.15, -0.1) is 0 Å². The molecular formula is C25H23ClF3N3O5S. The molecule has 8 nitrogen and oxygen atoms in total. The summed E-state index contributed by atoms with van der Waals surface area (Å²) in [5.41, 5.74) is 1.75. The number of nitrogens with one attached hydrogen (secondary N) is 1. The van der Waals surface area contributed by atoms with Crippen molar-refractivity contribution < 1.29 is 35.9 Å². The number of nitrogens with zero attached hydrogens (tertiary/aromatic N) is 2. The lowest BCUT2D eigenvalue weighted by atomic mass is 10.2. The minimum Gasteiger partial charge on any atom is -0.497 e. The summed E-state index contributed by atoms with van der Waals surface area (Å²) in [5.74, 6) is 0.00711. The van der Waals surface area contributed by atoms with Crippen LogP contribution in [-0.4, -0.2) is 41.3 Å². The number of anilines is 1. The maximum atomic E-state index is 13.5. The average molecular weight is 570 g/mol. The normalized spacial score (nSPS) is 11.9. The standard InChI is InChI=1S/C25H23ClF3N3O5S/c1-16-4-8-20(9-5-16)38(34,35)32(18-6-10-22(26)21(13-18)25(27,28)29)15-24(33)31-30-14-17-12-19(36-2)7-11-23(17)37-3/h4-14H,15H2,1-3H3,(H,31,33)/b30-14-. The van der Waals surface area contributed by atoms with Crippen LogP contribution in [0.3, 0.4) is 0 Å². The number of hydrogen-bond donors (Lipinski definition) is 1. The average Bonchev–Trinajstić information content (AvgIpc) is 2.87. The maximum absolute atomic E-state index is 13.5. The van der Waals surface area contributed by atoms with Crippen LogP contribution >= 0.6 is 11.6 Å². The number of halogens is 4. The number of hydrazone groups is 1. The second-order valence-electron chi connectivity index (χ2n) is 7.89. The molecule has 13 heteroatoms. The first-order valence-corrected chi connectivity index (χ1v) is 12.7. The van der Waals surface area contributed by atoms with Gasteiger partial charge in [0.05, 0.1) is 41.6 Å². The van der Waals surface area contributed by atoms with Gasteiger partial charge in [0.1, 0.15) is 18.0 Å². The van der Waals surface area contributed by atoms with Crippen LogP contribution < -0.4 is 19.2 Å². The highest BCUT2D eigenvalue weighted by Crippen LogP contribution is 2.38. The van der Waals surface area contributed by atoms with Crippen LogP contribution in [0.25, 0.3) is 0 Å². The Hall–Kier alpha value is -3.77. The van der Waals surface area contributed by atoms with Gasteiger partial charge >= 0.3 is 6.18 Å². The monoisotopic (exact) mass is 569 g/mol. The Kier molecular flexibility index (Phi) is 8.89. The molecule has 0 unspecified atom stereocenters. The van der Waals surface area contributed by atoms with E-state index >= 15 is 0 Å². The van der Waals surface area contributed by atoms with Crippen molar-refractivity contribution in [3.05, 3.63) is 82.4 Å². The molecule has 0 bridgehead atoms. The highest BCUT2D eigenvalue weighted by atomic mass is 35.5. The number of sulfonamides is 1. The van der Waals surface area contributed by atoms with Crippen LogP contribution in [0.2, 0.25) is 5.02 Å². The Morgan fingerprint density at radius 3 is 2.34 bits per heavy atom. The van der Waals surface area contributed by atoms with E-state index in [1.54, 1.807) is 25.1 Å². The van der Waals surface area contributed by atoms with E-state index < -0.39 is 44.9 Å². The Morgan fingerprint density at radius 1 is 1.05 bits per heavy atom. The zero-order chi connectivity index (χ0) is 28.1. The van der Waals surface area contributed by atoms with Crippen molar-refractivity contribution in [1.82, 2.24) is 5.43 Å². The van der Waals surface area contributed by atoms with Gasteiger partial charge in [-0.1, -0.05) is 29.3 Å². The van der Waals surface area contributed by atoms with E-state index in [2.05, 4.69) is 10.5 Å². The minimum absolute atomic E-state index is 0.218. The van der Waals surface area contributed by atoms with Gasteiger partial charge in [-0.2, -0.15) is 18.3 Å². The molecule has 3 aromatic rings. The van der Waals surface area contributed by atoms with Crippen LogP contribution in [0.4, 0.5) is 18.9 Å². The predicted molar refractivity (Wildman–Crippen MR) is 137 cm³/mol. The number of benzene rings is 3. The predicted octanol–water partition coefficient (Wildman–Crippen LogP) is 5.03. The highest BCUT2D eigenvalue weighted by Gasteiger charge is 2.35. The highest BCUT2D eigenvalue weighted by molar-refractivity contribution is 7.92. The van der Waals surface area contributed by atoms with Gasteiger partial charge in [0, 0.05) is 5.56 Å². The summed E-state index contributed by atoms with van der Waals surface area (Å²) in [6.45, 7) is 0.869. The lowest BCUT2D eigenvalue weighted by Gasteiger charge is -2.25. The number of hydrogen-bond acceptors (Lipinski definition) is 6. The topological polar surface area (TPSA) is 97.3 Å². The molecule has 0 fully saturated rings. The molecule has 3 aromatic carbocycles. The van der Waals surface area contributed by atoms with Crippen LogP contribution in [0.15, 0.2) is 70.7 Å². The van der Waals surface area contributed by atoms with Crippen LogP contribution in [-0.2, 0) is 21.0 Å². The first-order valence-electron chi connectivity index (χ1n) is 10.9. The second kappa shape index (κ2) is 11.7. The molecule has 202 valence electrons. The van der Waals surface area contributed by atoms with Gasteiger partial charge in [-0.05, 0) is 55.5 Å². The number of alkyl halides is 3. The summed E-state index contributed by atoms with van der Waals surface area (Å²) in [4.78, 5) is 12.5. The molecule has 0 spiro atoms. The molecule has 0 atom stereocenters. The van der Waals surface area contributed by atoms with Crippen LogP contribution in [0.1, 0.15) is 16.7 Å². The number of methoxy groups -OCH3 is 2. The summed E-state index contributed by atoms with van der Waals surface area (Å²) < 4.78 is 78.3. The summed E-state index contributed by atoms with van der Waals surface area (Å²) in [6, 6.07) is 13.1. The molecular weight excluding hydrogens is 547 g/mol. The summed E-state index contributed by atoms with van der Waals surface area (Å²) in [7, 11) is -1.56. The van der Waals surface area contributed by atoms with Gasteiger partial charge in [-0.3, -0.25) is 9.10 Å². The molecule has 0 radical (unpaired) electrons. The zero-order valence-corrected chi connectivity index (χ0v) is 22.0.